The molecule has 4 heteroatoms. The van der Waals surface area contributed by atoms with Crippen LogP contribution in [0.2, 0.25) is 0 Å². The SMILES string of the molecule is CC1(C)c2ccccc2N(c2nc(-c3cccc4c3-c3ccccc3C43c4ccccc4-c4ccccc43)c3ccccc3n2)c2cc3c4ccccc4n(-c4ccccc4)c3cc21. The third-order valence-electron chi connectivity index (χ3n) is 14.6. The number of rotatable bonds is 3. The summed E-state index contributed by atoms with van der Waals surface area (Å²) in [5.41, 5.74) is 20.7. The minimum Gasteiger partial charge on any atom is -0.309 e. The van der Waals surface area contributed by atoms with Crippen LogP contribution in [0, 0.1) is 0 Å². The highest BCUT2D eigenvalue weighted by Gasteiger charge is 2.52. The van der Waals surface area contributed by atoms with Crippen LogP contribution >= 0.6 is 0 Å². The molecule has 0 atom stereocenters. The molecule has 0 saturated carbocycles. The van der Waals surface area contributed by atoms with Gasteiger partial charge in [-0.1, -0.05) is 178 Å². The smallest absolute Gasteiger partial charge is 0.235 e. The molecule has 4 nitrogen and oxygen atoms in total. The van der Waals surface area contributed by atoms with Crippen molar-refractivity contribution in [3.05, 3.63) is 240 Å². The molecule has 300 valence electrons. The maximum atomic E-state index is 5.80. The van der Waals surface area contributed by atoms with Crippen molar-refractivity contribution in [1.82, 2.24) is 14.5 Å². The van der Waals surface area contributed by atoms with E-state index < -0.39 is 5.41 Å². The van der Waals surface area contributed by atoms with Crippen molar-refractivity contribution in [3.63, 3.8) is 0 Å². The Labute approximate surface area is 371 Å². The first-order chi connectivity index (χ1) is 31.5. The van der Waals surface area contributed by atoms with Crippen molar-refractivity contribution in [2.24, 2.45) is 0 Å². The first-order valence-corrected chi connectivity index (χ1v) is 22.3. The lowest BCUT2D eigenvalue weighted by atomic mass is 9.70. The molecule has 0 unspecified atom stereocenters. The van der Waals surface area contributed by atoms with E-state index in [1.54, 1.807) is 0 Å². The molecule has 2 aromatic heterocycles. The van der Waals surface area contributed by atoms with Crippen LogP contribution in [0.25, 0.3) is 71.9 Å². The summed E-state index contributed by atoms with van der Waals surface area (Å²) in [5, 5.41) is 3.43. The Kier molecular flexibility index (Phi) is 7.07. The van der Waals surface area contributed by atoms with Gasteiger partial charge in [-0.2, -0.15) is 0 Å². The molecule has 64 heavy (non-hydrogen) atoms. The Hall–Kier alpha value is -8.08. The number of fused-ring (bicyclic) bond motifs is 16. The fourth-order valence-electron chi connectivity index (χ4n) is 11.9. The second-order valence-corrected chi connectivity index (χ2v) is 18.1. The summed E-state index contributed by atoms with van der Waals surface area (Å²) < 4.78 is 2.41. The number of hydrogen-bond acceptors (Lipinski definition) is 3. The van der Waals surface area contributed by atoms with Gasteiger partial charge in [-0.15, -0.1) is 0 Å². The zero-order valence-electron chi connectivity index (χ0n) is 35.4. The van der Waals surface area contributed by atoms with Crippen molar-refractivity contribution < 1.29 is 0 Å². The van der Waals surface area contributed by atoms with E-state index in [-0.39, 0.29) is 5.41 Å². The van der Waals surface area contributed by atoms with E-state index in [0.29, 0.717) is 5.95 Å². The highest BCUT2D eigenvalue weighted by Crippen LogP contribution is 2.64. The number of anilines is 3. The van der Waals surface area contributed by atoms with Gasteiger partial charge in [-0.3, -0.25) is 4.90 Å². The molecule has 1 aliphatic heterocycles. The molecule has 0 radical (unpaired) electrons. The Balaban J connectivity index is 1.06. The van der Waals surface area contributed by atoms with Gasteiger partial charge in [0, 0.05) is 32.8 Å². The van der Waals surface area contributed by atoms with E-state index >= 15 is 0 Å². The van der Waals surface area contributed by atoms with Gasteiger partial charge in [0.2, 0.25) is 5.95 Å². The van der Waals surface area contributed by atoms with Gasteiger partial charge in [0.1, 0.15) is 0 Å². The van der Waals surface area contributed by atoms with E-state index in [4.69, 9.17) is 9.97 Å². The first kappa shape index (κ1) is 35.5. The van der Waals surface area contributed by atoms with Crippen molar-refractivity contribution in [2.75, 3.05) is 4.90 Å². The molecule has 9 aromatic carbocycles. The number of hydrogen-bond donors (Lipinski definition) is 0. The summed E-state index contributed by atoms with van der Waals surface area (Å²) >= 11 is 0. The van der Waals surface area contributed by atoms with Crippen molar-refractivity contribution in [1.29, 1.82) is 0 Å². The van der Waals surface area contributed by atoms with Gasteiger partial charge in [0.15, 0.2) is 0 Å². The third kappa shape index (κ3) is 4.46. The van der Waals surface area contributed by atoms with Gasteiger partial charge < -0.3 is 4.57 Å². The molecule has 0 fully saturated rings. The van der Waals surface area contributed by atoms with Crippen LogP contribution in [-0.4, -0.2) is 14.5 Å². The zero-order valence-corrected chi connectivity index (χ0v) is 35.4. The maximum Gasteiger partial charge on any atom is 0.235 e. The third-order valence-corrected chi connectivity index (χ3v) is 14.6. The van der Waals surface area contributed by atoms with Crippen molar-refractivity contribution in [2.45, 2.75) is 24.7 Å². The Morgan fingerprint density at radius 3 is 1.73 bits per heavy atom. The quantitative estimate of drug-likeness (QED) is 0.178. The van der Waals surface area contributed by atoms with E-state index in [9.17, 15) is 0 Å². The fraction of sp³-hybridized carbons (Fsp3) is 0.0667. The topological polar surface area (TPSA) is 34.0 Å². The lowest BCUT2D eigenvalue weighted by Gasteiger charge is -2.41. The van der Waals surface area contributed by atoms with E-state index in [0.717, 1.165) is 39.2 Å². The standard InChI is InChI=1S/C60H40N4/c1-59(2)48-30-14-17-34-53(48)64(55-35-44-40-23-10-16-33-52(40)63(54(44)36-50(55)59)37-19-4-3-5-20-37)58-61-51-32-15-9-25-42(51)57(62-58)43-26-18-31-49-56(43)41-24-8-13-29-47(41)60(49)45-27-11-6-21-38(45)39-22-7-12-28-46(39)60/h3-36H,1-2H3. The molecule has 1 spiro atoms. The lowest BCUT2D eigenvalue weighted by molar-refractivity contribution is 0.631. The normalized spacial score (nSPS) is 14.6. The summed E-state index contributed by atoms with van der Waals surface area (Å²) in [6.45, 7) is 4.71. The predicted molar refractivity (Wildman–Crippen MR) is 262 cm³/mol. The first-order valence-electron chi connectivity index (χ1n) is 22.3. The number of nitrogens with zero attached hydrogens (tertiary/aromatic N) is 4. The van der Waals surface area contributed by atoms with Gasteiger partial charge in [0.25, 0.3) is 0 Å². The Morgan fingerprint density at radius 1 is 0.391 bits per heavy atom. The van der Waals surface area contributed by atoms with Gasteiger partial charge in [-0.05, 0) is 98.1 Å². The molecule has 3 heterocycles. The average molecular weight is 817 g/mol. The predicted octanol–water partition coefficient (Wildman–Crippen LogP) is 14.8. The molecule has 3 aliphatic rings. The van der Waals surface area contributed by atoms with Crippen LogP contribution in [0.1, 0.15) is 47.2 Å². The second kappa shape index (κ2) is 12.7. The summed E-state index contributed by atoms with van der Waals surface area (Å²) in [4.78, 5) is 13.6. The molecule has 0 bridgehead atoms. The van der Waals surface area contributed by atoms with Crippen LogP contribution < -0.4 is 4.90 Å². The molecular formula is C60H40N4. The largest absolute Gasteiger partial charge is 0.309 e. The molecule has 0 N–H and O–H groups in total. The number of aromatic nitrogens is 3. The minimum absolute atomic E-state index is 0.319. The lowest BCUT2D eigenvalue weighted by Crippen LogP contribution is -2.31. The second-order valence-electron chi connectivity index (χ2n) is 18.1. The van der Waals surface area contributed by atoms with Crippen molar-refractivity contribution >= 4 is 50.0 Å². The molecule has 2 aliphatic carbocycles. The van der Waals surface area contributed by atoms with Gasteiger partial charge in [0.05, 0.1) is 39.0 Å². The van der Waals surface area contributed by atoms with Crippen LogP contribution in [0.4, 0.5) is 17.3 Å². The maximum absolute atomic E-state index is 5.80. The number of para-hydroxylation sites is 4. The van der Waals surface area contributed by atoms with Crippen LogP contribution in [0.15, 0.2) is 206 Å². The van der Waals surface area contributed by atoms with E-state index in [2.05, 4.69) is 230 Å². The molecule has 0 saturated heterocycles. The highest BCUT2D eigenvalue weighted by atomic mass is 15.3. The molecule has 0 amide bonds. The fourth-order valence-corrected chi connectivity index (χ4v) is 11.9. The van der Waals surface area contributed by atoms with Gasteiger partial charge >= 0.3 is 0 Å². The monoisotopic (exact) mass is 816 g/mol. The highest BCUT2D eigenvalue weighted by molar-refractivity contribution is 6.12. The average Bonchev–Trinajstić information content (AvgIpc) is 3.95. The van der Waals surface area contributed by atoms with E-state index in [1.165, 1.54) is 77.4 Å². The van der Waals surface area contributed by atoms with E-state index in [1.807, 2.05) is 0 Å². The Morgan fingerprint density at radius 2 is 0.969 bits per heavy atom. The van der Waals surface area contributed by atoms with Crippen molar-refractivity contribution in [3.8, 4) is 39.2 Å². The summed E-state index contributed by atoms with van der Waals surface area (Å²) in [6, 6.07) is 75.7. The number of benzene rings is 9. The summed E-state index contributed by atoms with van der Waals surface area (Å²) in [6.07, 6.45) is 0. The molecule has 11 aromatic rings. The molecule has 14 rings (SSSR count). The van der Waals surface area contributed by atoms with Crippen LogP contribution in [-0.2, 0) is 10.8 Å². The van der Waals surface area contributed by atoms with Crippen LogP contribution in [0.5, 0.6) is 0 Å². The molecular weight excluding hydrogens is 777 g/mol. The summed E-state index contributed by atoms with van der Waals surface area (Å²) in [7, 11) is 0. The zero-order chi connectivity index (χ0) is 42.3. The van der Waals surface area contributed by atoms with Gasteiger partial charge in [-0.25, -0.2) is 9.97 Å². The summed E-state index contributed by atoms with van der Waals surface area (Å²) in [5.74, 6) is 0.652. The minimum atomic E-state index is -0.457. The Bertz CT molecular complexity index is 3740. The van der Waals surface area contributed by atoms with Crippen LogP contribution in [0.3, 0.4) is 0 Å².